The smallest absolute Gasteiger partial charge is 0.236 e. The van der Waals surface area contributed by atoms with Crippen molar-refractivity contribution in [2.24, 2.45) is 0 Å². The minimum absolute atomic E-state index is 0.0159. The number of nitrogens with zero attached hydrogens (tertiary/aromatic N) is 1. The standard InChI is InChI=1S/C18H21ClN2O2S/c1-12(2)15-11-20-17(24-15)21-16(22)18(7-9-23-10-8-18)13-3-5-14(19)6-4-13/h3-6,11-12H,7-10H2,1-2H3,(H,20,21,22). The number of hydrogen-bond donors (Lipinski definition) is 1. The van der Waals surface area contributed by atoms with Gasteiger partial charge in [-0.3, -0.25) is 4.79 Å². The Morgan fingerprint density at radius 3 is 2.54 bits per heavy atom. The first-order chi connectivity index (χ1) is 11.5. The lowest BCUT2D eigenvalue weighted by atomic mass is 9.73. The molecule has 0 atom stereocenters. The van der Waals surface area contributed by atoms with Crippen LogP contribution in [-0.2, 0) is 14.9 Å². The molecule has 1 amide bonds. The molecule has 4 nitrogen and oxygen atoms in total. The van der Waals surface area contributed by atoms with Crippen molar-refractivity contribution in [1.82, 2.24) is 4.98 Å². The molecule has 1 aromatic heterocycles. The number of halogens is 1. The van der Waals surface area contributed by atoms with Crippen molar-refractivity contribution >= 4 is 34.0 Å². The number of benzene rings is 1. The monoisotopic (exact) mass is 364 g/mol. The molecule has 2 aromatic rings. The van der Waals surface area contributed by atoms with E-state index in [-0.39, 0.29) is 5.91 Å². The minimum atomic E-state index is -0.591. The van der Waals surface area contributed by atoms with Gasteiger partial charge in [-0.05, 0) is 36.5 Å². The Morgan fingerprint density at radius 2 is 1.96 bits per heavy atom. The molecule has 0 radical (unpaired) electrons. The molecule has 1 aliphatic heterocycles. The normalized spacial score (nSPS) is 17.0. The number of rotatable bonds is 4. The summed E-state index contributed by atoms with van der Waals surface area (Å²) in [6.07, 6.45) is 3.15. The second-order valence-electron chi connectivity index (χ2n) is 6.38. The number of amides is 1. The van der Waals surface area contributed by atoms with Crippen LogP contribution in [0.4, 0.5) is 5.13 Å². The van der Waals surface area contributed by atoms with Gasteiger partial charge in [-0.1, -0.05) is 37.6 Å². The third-order valence-corrected chi connectivity index (χ3v) is 5.96. The van der Waals surface area contributed by atoms with Crippen LogP contribution in [0.3, 0.4) is 0 Å². The molecule has 1 saturated heterocycles. The maximum absolute atomic E-state index is 13.1. The van der Waals surface area contributed by atoms with E-state index in [1.807, 2.05) is 30.5 Å². The Kier molecular flexibility index (Phi) is 5.23. The van der Waals surface area contributed by atoms with Crippen LogP contribution < -0.4 is 5.32 Å². The number of aromatic nitrogens is 1. The largest absolute Gasteiger partial charge is 0.381 e. The third-order valence-electron chi connectivity index (χ3n) is 4.49. The van der Waals surface area contributed by atoms with E-state index < -0.39 is 5.41 Å². The van der Waals surface area contributed by atoms with Crippen molar-refractivity contribution in [3.05, 3.63) is 45.9 Å². The van der Waals surface area contributed by atoms with Crippen molar-refractivity contribution in [2.75, 3.05) is 18.5 Å². The van der Waals surface area contributed by atoms with E-state index in [0.29, 0.717) is 42.1 Å². The molecule has 1 aromatic carbocycles. The van der Waals surface area contributed by atoms with Gasteiger partial charge in [-0.2, -0.15) is 0 Å². The Morgan fingerprint density at radius 1 is 1.29 bits per heavy atom. The van der Waals surface area contributed by atoms with Crippen LogP contribution in [0.5, 0.6) is 0 Å². The summed E-state index contributed by atoms with van der Waals surface area (Å²) < 4.78 is 5.49. The zero-order valence-electron chi connectivity index (χ0n) is 13.8. The summed E-state index contributed by atoms with van der Waals surface area (Å²) >= 11 is 7.54. The van der Waals surface area contributed by atoms with Gasteiger partial charge in [0.1, 0.15) is 0 Å². The maximum Gasteiger partial charge on any atom is 0.236 e. The molecule has 0 bridgehead atoms. The predicted molar refractivity (Wildman–Crippen MR) is 98.0 cm³/mol. The van der Waals surface area contributed by atoms with Crippen LogP contribution in [0.25, 0.3) is 0 Å². The fraction of sp³-hybridized carbons (Fsp3) is 0.444. The Bertz CT molecular complexity index is 706. The summed E-state index contributed by atoms with van der Waals surface area (Å²) in [6, 6.07) is 7.55. The zero-order chi connectivity index (χ0) is 17.2. The van der Waals surface area contributed by atoms with Gasteiger partial charge in [-0.25, -0.2) is 4.98 Å². The lowest BCUT2D eigenvalue weighted by Crippen LogP contribution is -2.44. The van der Waals surface area contributed by atoms with Gasteiger partial charge >= 0.3 is 0 Å². The second-order valence-corrected chi connectivity index (χ2v) is 7.88. The van der Waals surface area contributed by atoms with Crippen molar-refractivity contribution in [2.45, 2.75) is 38.0 Å². The number of anilines is 1. The molecule has 3 rings (SSSR count). The first kappa shape index (κ1) is 17.4. The average Bonchev–Trinajstić information content (AvgIpc) is 3.05. The molecule has 0 aliphatic carbocycles. The average molecular weight is 365 g/mol. The lowest BCUT2D eigenvalue weighted by Gasteiger charge is -2.36. The van der Waals surface area contributed by atoms with E-state index in [1.165, 1.54) is 11.3 Å². The molecule has 128 valence electrons. The molecule has 0 unspecified atom stereocenters. The number of carbonyl (C=O) groups excluding carboxylic acids is 1. The second kappa shape index (κ2) is 7.21. The van der Waals surface area contributed by atoms with Crippen LogP contribution in [0.2, 0.25) is 5.02 Å². The van der Waals surface area contributed by atoms with Crippen LogP contribution in [0, 0.1) is 0 Å². The highest BCUT2D eigenvalue weighted by molar-refractivity contribution is 7.15. The Hall–Kier alpha value is -1.43. The van der Waals surface area contributed by atoms with Crippen molar-refractivity contribution in [1.29, 1.82) is 0 Å². The Balaban J connectivity index is 1.87. The van der Waals surface area contributed by atoms with Crippen LogP contribution in [0.15, 0.2) is 30.5 Å². The van der Waals surface area contributed by atoms with E-state index >= 15 is 0 Å². The number of carbonyl (C=O) groups is 1. The van der Waals surface area contributed by atoms with Crippen molar-refractivity contribution in [3.8, 4) is 0 Å². The van der Waals surface area contributed by atoms with Gasteiger partial charge in [0.15, 0.2) is 5.13 Å². The van der Waals surface area contributed by atoms with Crippen LogP contribution in [-0.4, -0.2) is 24.1 Å². The summed E-state index contributed by atoms with van der Waals surface area (Å²) in [5.74, 6) is 0.388. The molecule has 2 heterocycles. The maximum atomic E-state index is 13.1. The number of hydrogen-bond acceptors (Lipinski definition) is 4. The molecular weight excluding hydrogens is 344 g/mol. The minimum Gasteiger partial charge on any atom is -0.381 e. The van der Waals surface area contributed by atoms with Crippen molar-refractivity contribution in [3.63, 3.8) is 0 Å². The van der Waals surface area contributed by atoms with Crippen LogP contribution in [0.1, 0.15) is 43.0 Å². The van der Waals surface area contributed by atoms with Gasteiger partial charge in [0.05, 0.1) is 5.41 Å². The summed E-state index contributed by atoms with van der Waals surface area (Å²) in [7, 11) is 0. The summed E-state index contributed by atoms with van der Waals surface area (Å²) in [6.45, 7) is 5.38. The summed E-state index contributed by atoms with van der Waals surface area (Å²) in [5, 5.41) is 4.35. The SMILES string of the molecule is CC(C)c1cnc(NC(=O)C2(c3ccc(Cl)cc3)CCOCC2)s1. The highest BCUT2D eigenvalue weighted by Gasteiger charge is 2.42. The van der Waals surface area contributed by atoms with E-state index in [2.05, 4.69) is 24.1 Å². The topological polar surface area (TPSA) is 51.2 Å². The van der Waals surface area contributed by atoms with E-state index in [1.54, 1.807) is 0 Å². The van der Waals surface area contributed by atoms with Gasteiger partial charge in [0.25, 0.3) is 0 Å². The number of ether oxygens (including phenoxy) is 1. The fourth-order valence-electron chi connectivity index (χ4n) is 2.96. The highest BCUT2D eigenvalue weighted by atomic mass is 35.5. The molecule has 1 N–H and O–H groups in total. The Labute approximate surface area is 151 Å². The highest BCUT2D eigenvalue weighted by Crippen LogP contribution is 2.37. The van der Waals surface area contributed by atoms with Gasteiger partial charge in [-0.15, -0.1) is 11.3 Å². The first-order valence-corrected chi connectivity index (χ1v) is 9.32. The molecule has 0 saturated carbocycles. The van der Waals surface area contributed by atoms with Crippen LogP contribution >= 0.6 is 22.9 Å². The summed E-state index contributed by atoms with van der Waals surface area (Å²) in [5.41, 5.74) is 0.389. The summed E-state index contributed by atoms with van der Waals surface area (Å²) in [4.78, 5) is 18.6. The van der Waals surface area contributed by atoms with Gasteiger partial charge in [0.2, 0.25) is 5.91 Å². The van der Waals surface area contributed by atoms with E-state index in [0.717, 1.165) is 10.4 Å². The zero-order valence-corrected chi connectivity index (χ0v) is 15.4. The van der Waals surface area contributed by atoms with E-state index in [4.69, 9.17) is 16.3 Å². The first-order valence-electron chi connectivity index (χ1n) is 8.12. The van der Waals surface area contributed by atoms with Gasteiger partial charge in [0, 0.05) is 29.3 Å². The van der Waals surface area contributed by atoms with Gasteiger partial charge < -0.3 is 10.1 Å². The quantitative estimate of drug-likeness (QED) is 0.862. The predicted octanol–water partition coefficient (Wildman–Crippen LogP) is 4.61. The fourth-order valence-corrected chi connectivity index (χ4v) is 3.90. The molecule has 6 heteroatoms. The number of nitrogens with one attached hydrogen (secondary N) is 1. The molecule has 1 fully saturated rings. The lowest BCUT2D eigenvalue weighted by molar-refractivity contribution is -0.125. The number of thiazole rings is 1. The van der Waals surface area contributed by atoms with E-state index in [9.17, 15) is 4.79 Å². The molecule has 24 heavy (non-hydrogen) atoms. The third kappa shape index (κ3) is 3.48. The molecular formula is C18H21ClN2O2S. The van der Waals surface area contributed by atoms with Crippen molar-refractivity contribution < 1.29 is 9.53 Å². The molecule has 1 aliphatic rings. The molecule has 0 spiro atoms.